The lowest BCUT2D eigenvalue weighted by Gasteiger charge is -2.12. The first kappa shape index (κ1) is 12.6. The molecule has 2 N–H and O–H groups in total. The summed E-state index contributed by atoms with van der Waals surface area (Å²) in [7, 11) is 0. The van der Waals surface area contributed by atoms with Crippen LogP contribution in [0.5, 0.6) is 0 Å². The first-order valence-electron chi connectivity index (χ1n) is 5.20. The van der Waals surface area contributed by atoms with Crippen molar-refractivity contribution in [1.82, 2.24) is 10.2 Å². The van der Waals surface area contributed by atoms with Gasteiger partial charge >= 0.3 is 6.03 Å². The van der Waals surface area contributed by atoms with Gasteiger partial charge in [-0.1, -0.05) is 15.9 Å². The molecule has 1 aliphatic heterocycles. The van der Waals surface area contributed by atoms with Crippen molar-refractivity contribution in [3.63, 3.8) is 0 Å². The van der Waals surface area contributed by atoms with Gasteiger partial charge in [0.1, 0.15) is 6.54 Å². The maximum atomic E-state index is 11.6. The molecule has 0 unspecified atom stereocenters. The Hall–Kier alpha value is -1.89. The van der Waals surface area contributed by atoms with Crippen LogP contribution in [-0.4, -0.2) is 35.8 Å². The van der Waals surface area contributed by atoms with Crippen LogP contribution in [0.1, 0.15) is 0 Å². The third kappa shape index (κ3) is 2.86. The van der Waals surface area contributed by atoms with E-state index in [1.807, 2.05) is 0 Å². The molecule has 0 spiro atoms. The largest absolute Gasteiger partial charge is 0.329 e. The molecule has 0 radical (unpaired) electrons. The molecule has 1 saturated heterocycles. The molecule has 0 aliphatic carbocycles. The Kier molecular flexibility index (Phi) is 3.61. The molecule has 1 fully saturated rings. The molecule has 4 amide bonds. The monoisotopic (exact) mass is 311 g/mol. The van der Waals surface area contributed by atoms with Gasteiger partial charge in [0.25, 0.3) is 5.91 Å². The van der Waals surface area contributed by atoms with Crippen LogP contribution in [0.25, 0.3) is 0 Å². The molecular formula is C11H10BrN3O3. The van der Waals surface area contributed by atoms with E-state index in [1.165, 1.54) is 0 Å². The Morgan fingerprint density at radius 1 is 1.33 bits per heavy atom. The molecular weight excluding hydrogens is 302 g/mol. The van der Waals surface area contributed by atoms with Gasteiger partial charge in [-0.15, -0.1) is 0 Å². The minimum atomic E-state index is -0.536. The number of hydrogen-bond acceptors (Lipinski definition) is 3. The van der Waals surface area contributed by atoms with Crippen molar-refractivity contribution in [3.05, 3.63) is 28.7 Å². The Morgan fingerprint density at radius 3 is 2.56 bits per heavy atom. The second-order valence-corrected chi connectivity index (χ2v) is 4.61. The topological polar surface area (TPSA) is 78.5 Å². The standard InChI is InChI=1S/C11H10BrN3O3/c12-7-1-3-8(4-2-7)14-9(16)6-15-10(17)5-13-11(15)18/h1-4H,5-6H2,(H,13,18)(H,14,16). The third-order valence-corrected chi connectivity index (χ3v) is 2.90. The zero-order chi connectivity index (χ0) is 13.1. The SMILES string of the molecule is O=C(CN1C(=O)CNC1=O)Nc1ccc(Br)cc1. The number of halogens is 1. The average Bonchev–Trinajstić information content (AvgIpc) is 2.64. The quantitative estimate of drug-likeness (QED) is 0.815. The van der Waals surface area contributed by atoms with Gasteiger partial charge in [-0.3, -0.25) is 14.5 Å². The fraction of sp³-hybridized carbons (Fsp3) is 0.182. The number of carbonyl (C=O) groups excluding carboxylic acids is 3. The highest BCUT2D eigenvalue weighted by Crippen LogP contribution is 2.14. The molecule has 2 rings (SSSR count). The number of amides is 4. The molecule has 1 heterocycles. The number of anilines is 1. The highest BCUT2D eigenvalue weighted by atomic mass is 79.9. The van der Waals surface area contributed by atoms with Crippen LogP contribution in [0.15, 0.2) is 28.7 Å². The first-order valence-corrected chi connectivity index (χ1v) is 5.99. The van der Waals surface area contributed by atoms with E-state index < -0.39 is 17.8 Å². The van der Waals surface area contributed by atoms with Gasteiger partial charge in [0.15, 0.2) is 0 Å². The van der Waals surface area contributed by atoms with Crippen LogP contribution in [0.2, 0.25) is 0 Å². The van der Waals surface area contributed by atoms with Crippen LogP contribution >= 0.6 is 15.9 Å². The molecule has 1 aromatic rings. The van der Waals surface area contributed by atoms with Crippen molar-refractivity contribution in [1.29, 1.82) is 0 Å². The molecule has 0 saturated carbocycles. The van der Waals surface area contributed by atoms with E-state index in [4.69, 9.17) is 0 Å². The van der Waals surface area contributed by atoms with E-state index in [-0.39, 0.29) is 13.1 Å². The highest BCUT2D eigenvalue weighted by molar-refractivity contribution is 9.10. The third-order valence-electron chi connectivity index (χ3n) is 2.37. The summed E-state index contributed by atoms with van der Waals surface area (Å²) in [6, 6.07) is 6.46. The lowest BCUT2D eigenvalue weighted by atomic mass is 10.3. The first-order chi connectivity index (χ1) is 8.56. The summed E-state index contributed by atoms with van der Waals surface area (Å²) >= 11 is 3.28. The number of rotatable bonds is 3. The maximum Gasteiger partial charge on any atom is 0.325 e. The van der Waals surface area contributed by atoms with Crippen LogP contribution < -0.4 is 10.6 Å². The van der Waals surface area contributed by atoms with Crippen LogP contribution in [0.3, 0.4) is 0 Å². The molecule has 7 heteroatoms. The van der Waals surface area contributed by atoms with Crippen LogP contribution in [-0.2, 0) is 9.59 Å². The van der Waals surface area contributed by atoms with Crippen molar-refractivity contribution in [2.45, 2.75) is 0 Å². The summed E-state index contributed by atoms with van der Waals surface area (Å²) in [5.74, 6) is -0.811. The predicted molar refractivity (Wildman–Crippen MR) is 67.9 cm³/mol. The van der Waals surface area contributed by atoms with Gasteiger partial charge in [-0.25, -0.2) is 4.79 Å². The normalized spacial score (nSPS) is 14.6. The van der Waals surface area contributed by atoms with Crippen LogP contribution in [0.4, 0.5) is 10.5 Å². The lowest BCUT2D eigenvalue weighted by Crippen LogP contribution is -2.38. The van der Waals surface area contributed by atoms with E-state index in [2.05, 4.69) is 26.6 Å². The minimum absolute atomic E-state index is 0.0512. The number of imide groups is 1. The Balaban J connectivity index is 1.94. The van der Waals surface area contributed by atoms with Gasteiger partial charge in [0.2, 0.25) is 5.91 Å². The number of carbonyl (C=O) groups is 3. The number of benzene rings is 1. The van der Waals surface area contributed by atoms with E-state index in [9.17, 15) is 14.4 Å². The molecule has 94 valence electrons. The summed E-state index contributed by atoms with van der Waals surface area (Å²) in [5, 5.41) is 4.95. The number of nitrogens with zero attached hydrogens (tertiary/aromatic N) is 1. The number of hydrogen-bond donors (Lipinski definition) is 2. The van der Waals surface area contributed by atoms with Gasteiger partial charge in [0, 0.05) is 10.2 Å². The van der Waals surface area contributed by atoms with E-state index >= 15 is 0 Å². The van der Waals surface area contributed by atoms with Gasteiger partial charge < -0.3 is 10.6 Å². The van der Waals surface area contributed by atoms with E-state index in [1.54, 1.807) is 24.3 Å². The maximum absolute atomic E-state index is 11.6. The van der Waals surface area contributed by atoms with Gasteiger partial charge in [0.05, 0.1) is 6.54 Å². The Labute approximate surface area is 111 Å². The summed E-state index contributed by atoms with van der Waals surface area (Å²) in [6.07, 6.45) is 0. The summed E-state index contributed by atoms with van der Waals surface area (Å²) in [5.41, 5.74) is 0.607. The molecule has 0 aromatic heterocycles. The Morgan fingerprint density at radius 2 is 2.00 bits per heavy atom. The molecule has 1 aromatic carbocycles. The zero-order valence-corrected chi connectivity index (χ0v) is 10.9. The number of nitrogens with one attached hydrogen (secondary N) is 2. The fourth-order valence-electron chi connectivity index (χ4n) is 1.49. The smallest absolute Gasteiger partial charge is 0.325 e. The van der Waals surface area contributed by atoms with Crippen molar-refractivity contribution >= 4 is 39.5 Å². The lowest BCUT2D eigenvalue weighted by molar-refractivity contribution is -0.128. The molecule has 0 bridgehead atoms. The van der Waals surface area contributed by atoms with E-state index in [0.717, 1.165) is 9.37 Å². The average molecular weight is 312 g/mol. The van der Waals surface area contributed by atoms with Gasteiger partial charge in [-0.2, -0.15) is 0 Å². The Bertz CT molecular complexity index is 485. The van der Waals surface area contributed by atoms with Crippen LogP contribution in [0, 0.1) is 0 Å². The van der Waals surface area contributed by atoms with Gasteiger partial charge in [-0.05, 0) is 24.3 Å². The predicted octanol–water partition coefficient (Wildman–Crippen LogP) is 0.939. The second-order valence-electron chi connectivity index (χ2n) is 3.69. The summed E-state index contributed by atoms with van der Waals surface area (Å²) in [4.78, 5) is 35.0. The minimum Gasteiger partial charge on any atom is -0.329 e. The second kappa shape index (κ2) is 5.18. The van der Waals surface area contributed by atoms with Crippen molar-refractivity contribution in [2.24, 2.45) is 0 Å². The zero-order valence-electron chi connectivity index (χ0n) is 9.27. The molecule has 0 atom stereocenters. The molecule has 1 aliphatic rings. The fourth-order valence-corrected chi connectivity index (χ4v) is 1.76. The van der Waals surface area contributed by atoms with Crippen molar-refractivity contribution in [3.8, 4) is 0 Å². The molecule has 18 heavy (non-hydrogen) atoms. The molecule has 6 nitrogen and oxygen atoms in total. The summed E-state index contributed by atoms with van der Waals surface area (Å²) < 4.78 is 0.898. The van der Waals surface area contributed by atoms with Crippen molar-refractivity contribution < 1.29 is 14.4 Å². The van der Waals surface area contributed by atoms with E-state index in [0.29, 0.717) is 5.69 Å². The van der Waals surface area contributed by atoms with Crippen molar-refractivity contribution in [2.75, 3.05) is 18.4 Å². The summed E-state index contributed by atoms with van der Waals surface area (Å²) in [6.45, 7) is -0.328. The highest BCUT2D eigenvalue weighted by Gasteiger charge is 2.29. The number of urea groups is 1.